The summed E-state index contributed by atoms with van der Waals surface area (Å²) in [5, 5.41) is 17.3. The molecule has 0 amide bonds. The maximum atomic E-state index is 9.06. The third-order valence-electron chi connectivity index (χ3n) is 2.18. The zero-order valence-corrected chi connectivity index (χ0v) is 10.0. The lowest BCUT2D eigenvalue weighted by atomic mass is 10.3. The molecule has 0 spiro atoms. The Morgan fingerprint density at radius 2 is 1.44 bits per heavy atom. The van der Waals surface area contributed by atoms with Crippen molar-refractivity contribution in [3.05, 3.63) is 54.6 Å². The Hall–Kier alpha value is -2.20. The van der Waals surface area contributed by atoms with Crippen LogP contribution in [-0.2, 0) is 0 Å². The lowest BCUT2D eigenvalue weighted by Crippen LogP contribution is -2.09. The van der Waals surface area contributed by atoms with Crippen LogP contribution in [0.3, 0.4) is 0 Å². The molecule has 2 rings (SSSR count). The first-order chi connectivity index (χ1) is 8.74. The molecule has 1 unspecified atom stereocenters. The summed E-state index contributed by atoms with van der Waals surface area (Å²) in [5.74, 6) is 0.601. The normalized spacial score (nSPS) is 12.6. The fourth-order valence-electron chi connectivity index (χ4n) is 1.40. The van der Waals surface area contributed by atoms with Gasteiger partial charge in [-0.25, -0.2) is 0 Å². The van der Waals surface area contributed by atoms with Crippen LogP contribution in [0.5, 0.6) is 5.75 Å². The molecule has 92 valence electrons. The SMILES string of the molecule is CC(O)Oc1ccc(N=Nc2ccccc2)cc1. The number of hydrogen-bond donors (Lipinski definition) is 1. The van der Waals surface area contributed by atoms with Crippen LogP contribution in [0.25, 0.3) is 0 Å². The van der Waals surface area contributed by atoms with Crippen molar-refractivity contribution in [1.82, 2.24) is 0 Å². The molecule has 0 heterocycles. The van der Waals surface area contributed by atoms with Crippen molar-refractivity contribution in [3.8, 4) is 5.75 Å². The van der Waals surface area contributed by atoms with E-state index in [1.54, 1.807) is 31.2 Å². The van der Waals surface area contributed by atoms with Crippen LogP contribution in [0.15, 0.2) is 64.8 Å². The van der Waals surface area contributed by atoms with E-state index in [-0.39, 0.29) is 0 Å². The lowest BCUT2D eigenvalue weighted by Gasteiger charge is -2.07. The minimum Gasteiger partial charge on any atom is -0.465 e. The van der Waals surface area contributed by atoms with E-state index in [2.05, 4.69) is 10.2 Å². The van der Waals surface area contributed by atoms with Gasteiger partial charge in [-0.1, -0.05) is 18.2 Å². The van der Waals surface area contributed by atoms with Gasteiger partial charge in [-0.2, -0.15) is 10.2 Å². The second kappa shape index (κ2) is 5.93. The number of nitrogens with zero attached hydrogens (tertiary/aromatic N) is 2. The predicted molar refractivity (Wildman–Crippen MR) is 69.4 cm³/mol. The molecule has 0 aliphatic heterocycles. The van der Waals surface area contributed by atoms with E-state index in [4.69, 9.17) is 9.84 Å². The number of aliphatic hydroxyl groups is 1. The summed E-state index contributed by atoms with van der Waals surface area (Å²) in [7, 11) is 0. The Labute approximate surface area is 106 Å². The molecule has 1 N–H and O–H groups in total. The molecule has 2 aromatic carbocycles. The third kappa shape index (κ3) is 3.68. The Morgan fingerprint density at radius 3 is 2.00 bits per heavy atom. The van der Waals surface area contributed by atoms with Crippen molar-refractivity contribution in [3.63, 3.8) is 0 Å². The number of rotatable bonds is 4. The minimum atomic E-state index is -0.818. The molecule has 4 heteroatoms. The van der Waals surface area contributed by atoms with Gasteiger partial charge in [-0.05, 0) is 43.3 Å². The number of ether oxygens (including phenoxy) is 1. The molecule has 0 aromatic heterocycles. The van der Waals surface area contributed by atoms with Crippen LogP contribution in [0.1, 0.15) is 6.92 Å². The fourth-order valence-corrected chi connectivity index (χ4v) is 1.40. The van der Waals surface area contributed by atoms with Gasteiger partial charge in [-0.3, -0.25) is 0 Å². The molecule has 2 aromatic rings. The Bertz CT molecular complexity index is 507. The summed E-state index contributed by atoms with van der Waals surface area (Å²) in [4.78, 5) is 0. The van der Waals surface area contributed by atoms with Crippen LogP contribution < -0.4 is 4.74 Å². The largest absolute Gasteiger partial charge is 0.465 e. The highest BCUT2D eigenvalue weighted by atomic mass is 16.6. The summed E-state index contributed by atoms with van der Waals surface area (Å²) >= 11 is 0. The molecule has 0 bridgehead atoms. The Kier molecular flexibility index (Phi) is 4.04. The molecule has 4 nitrogen and oxygen atoms in total. The Morgan fingerprint density at radius 1 is 0.889 bits per heavy atom. The minimum absolute atomic E-state index is 0.601. The van der Waals surface area contributed by atoms with Gasteiger partial charge in [0.05, 0.1) is 11.4 Å². The van der Waals surface area contributed by atoms with Gasteiger partial charge in [0.2, 0.25) is 0 Å². The summed E-state index contributed by atoms with van der Waals surface area (Å²) < 4.78 is 5.12. The predicted octanol–water partition coefficient (Wildman–Crippen LogP) is 3.82. The summed E-state index contributed by atoms with van der Waals surface area (Å²) in [6.45, 7) is 1.56. The first kappa shape index (κ1) is 12.3. The van der Waals surface area contributed by atoms with Gasteiger partial charge in [-0.15, -0.1) is 0 Å². The van der Waals surface area contributed by atoms with Crippen molar-refractivity contribution in [1.29, 1.82) is 0 Å². The molecule has 0 aliphatic rings. The number of hydrogen-bond acceptors (Lipinski definition) is 4. The quantitative estimate of drug-likeness (QED) is 0.654. The maximum absolute atomic E-state index is 9.06. The van der Waals surface area contributed by atoms with Gasteiger partial charge in [0.25, 0.3) is 0 Å². The van der Waals surface area contributed by atoms with Crippen molar-refractivity contribution in [2.75, 3.05) is 0 Å². The standard InChI is InChI=1S/C14H14N2O2/c1-11(17)18-14-9-7-13(8-10-14)16-15-12-5-3-2-4-6-12/h2-11,17H,1H3. The van der Waals surface area contributed by atoms with Crippen LogP contribution in [-0.4, -0.2) is 11.4 Å². The number of benzene rings is 2. The molecule has 0 saturated heterocycles. The summed E-state index contributed by atoms with van der Waals surface area (Å²) in [6, 6.07) is 16.6. The third-order valence-corrected chi connectivity index (χ3v) is 2.18. The van der Waals surface area contributed by atoms with Crippen LogP contribution in [0.2, 0.25) is 0 Å². The zero-order chi connectivity index (χ0) is 12.8. The molecule has 18 heavy (non-hydrogen) atoms. The first-order valence-electron chi connectivity index (χ1n) is 5.65. The zero-order valence-electron chi connectivity index (χ0n) is 10.0. The van der Waals surface area contributed by atoms with E-state index < -0.39 is 6.29 Å². The number of azo groups is 1. The monoisotopic (exact) mass is 242 g/mol. The number of aliphatic hydroxyl groups excluding tert-OH is 1. The average molecular weight is 242 g/mol. The van der Waals surface area contributed by atoms with Crippen LogP contribution in [0.4, 0.5) is 11.4 Å². The molecule has 0 saturated carbocycles. The van der Waals surface area contributed by atoms with Gasteiger partial charge in [0.15, 0.2) is 6.29 Å². The van der Waals surface area contributed by atoms with E-state index in [0.717, 1.165) is 11.4 Å². The van der Waals surface area contributed by atoms with E-state index >= 15 is 0 Å². The highest BCUT2D eigenvalue weighted by Crippen LogP contribution is 2.21. The van der Waals surface area contributed by atoms with E-state index in [0.29, 0.717) is 5.75 Å². The van der Waals surface area contributed by atoms with E-state index in [1.807, 2.05) is 30.3 Å². The maximum Gasteiger partial charge on any atom is 0.194 e. The first-order valence-corrected chi connectivity index (χ1v) is 5.65. The molecule has 0 aliphatic carbocycles. The van der Waals surface area contributed by atoms with Crippen molar-refractivity contribution < 1.29 is 9.84 Å². The smallest absolute Gasteiger partial charge is 0.194 e. The van der Waals surface area contributed by atoms with E-state index in [9.17, 15) is 0 Å². The Balaban J connectivity index is 2.04. The highest BCUT2D eigenvalue weighted by molar-refractivity contribution is 5.42. The van der Waals surface area contributed by atoms with Crippen molar-refractivity contribution in [2.24, 2.45) is 10.2 Å². The lowest BCUT2D eigenvalue weighted by molar-refractivity contribution is -0.000282. The van der Waals surface area contributed by atoms with Gasteiger partial charge >= 0.3 is 0 Å². The fraction of sp³-hybridized carbons (Fsp3) is 0.143. The second-order valence-electron chi connectivity index (χ2n) is 3.75. The topological polar surface area (TPSA) is 54.2 Å². The van der Waals surface area contributed by atoms with Crippen LogP contribution in [0, 0.1) is 0 Å². The van der Waals surface area contributed by atoms with Gasteiger partial charge < -0.3 is 9.84 Å². The molecular weight excluding hydrogens is 228 g/mol. The van der Waals surface area contributed by atoms with Gasteiger partial charge in [0.1, 0.15) is 5.75 Å². The molecular formula is C14H14N2O2. The highest BCUT2D eigenvalue weighted by Gasteiger charge is 1.98. The van der Waals surface area contributed by atoms with E-state index in [1.165, 1.54) is 0 Å². The molecule has 0 fully saturated rings. The van der Waals surface area contributed by atoms with Gasteiger partial charge in [0, 0.05) is 0 Å². The van der Waals surface area contributed by atoms with Crippen molar-refractivity contribution >= 4 is 11.4 Å². The molecule has 1 atom stereocenters. The van der Waals surface area contributed by atoms with Crippen LogP contribution >= 0.6 is 0 Å². The second-order valence-corrected chi connectivity index (χ2v) is 3.75. The summed E-state index contributed by atoms with van der Waals surface area (Å²) in [6.07, 6.45) is -0.818. The summed E-state index contributed by atoms with van der Waals surface area (Å²) in [5.41, 5.74) is 1.54. The molecule has 0 radical (unpaired) electrons. The average Bonchev–Trinajstić information content (AvgIpc) is 2.38. The van der Waals surface area contributed by atoms with Crippen molar-refractivity contribution in [2.45, 2.75) is 13.2 Å².